The number of benzene rings is 3. The van der Waals surface area contributed by atoms with Crippen molar-refractivity contribution in [3.8, 4) is 0 Å². The van der Waals surface area contributed by atoms with Crippen LogP contribution in [0.3, 0.4) is 0 Å². The fraction of sp³-hybridized carbons (Fsp3) is 0.250. The molecule has 1 heterocycles. The van der Waals surface area contributed by atoms with Gasteiger partial charge in [0.1, 0.15) is 13.3 Å². The highest BCUT2D eigenvalue weighted by Gasteiger charge is 2.29. The number of hydrogen-bond acceptors (Lipinski definition) is 3. The Kier molecular flexibility index (Phi) is 4.53. The monoisotopic (exact) mass is 357 g/mol. The Morgan fingerprint density at radius 1 is 0.519 bits per heavy atom. The number of hydrazine groups is 1. The maximum absolute atomic E-state index is 2.41. The largest absolute Gasteiger partial charge is 0.332 e. The van der Waals surface area contributed by atoms with Crippen LogP contribution in [-0.2, 0) is 0 Å². The molecule has 3 nitrogen and oxygen atoms in total. The van der Waals surface area contributed by atoms with Gasteiger partial charge < -0.3 is 4.90 Å². The van der Waals surface area contributed by atoms with Crippen molar-refractivity contribution in [2.24, 2.45) is 0 Å². The Hall–Kier alpha value is -2.94. The Labute approximate surface area is 162 Å². The molecule has 1 aliphatic rings. The van der Waals surface area contributed by atoms with Gasteiger partial charge in [0.15, 0.2) is 0 Å². The first kappa shape index (κ1) is 17.5. The zero-order valence-corrected chi connectivity index (χ0v) is 16.6. The Balaban J connectivity index is 1.74. The number of anilines is 3. The minimum Gasteiger partial charge on any atom is -0.332 e. The SMILES string of the molecule is Cc1ccc(N2CN(c3ccccc3)CN2c2ccc(C)c(C)c2)cc1C. The Morgan fingerprint density at radius 2 is 1.00 bits per heavy atom. The van der Waals surface area contributed by atoms with E-state index in [-0.39, 0.29) is 0 Å². The minimum absolute atomic E-state index is 0.833. The third-order valence-electron chi connectivity index (χ3n) is 5.60. The van der Waals surface area contributed by atoms with Crippen molar-refractivity contribution in [3.05, 3.63) is 89.0 Å². The van der Waals surface area contributed by atoms with Gasteiger partial charge in [-0.15, -0.1) is 0 Å². The molecule has 1 aliphatic heterocycles. The van der Waals surface area contributed by atoms with E-state index >= 15 is 0 Å². The van der Waals surface area contributed by atoms with Gasteiger partial charge >= 0.3 is 0 Å². The topological polar surface area (TPSA) is 9.72 Å². The highest BCUT2D eigenvalue weighted by molar-refractivity contribution is 5.65. The highest BCUT2D eigenvalue weighted by atomic mass is 15.7. The van der Waals surface area contributed by atoms with E-state index in [4.69, 9.17) is 0 Å². The van der Waals surface area contributed by atoms with Gasteiger partial charge in [0, 0.05) is 5.69 Å². The first-order valence-electron chi connectivity index (χ1n) is 9.52. The van der Waals surface area contributed by atoms with Crippen molar-refractivity contribution in [2.75, 3.05) is 28.3 Å². The van der Waals surface area contributed by atoms with Gasteiger partial charge in [-0.05, 0) is 86.3 Å². The van der Waals surface area contributed by atoms with Crippen LogP contribution in [0, 0.1) is 27.7 Å². The van der Waals surface area contributed by atoms with Crippen LogP contribution in [0.25, 0.3) is 0 Å². The average molecular weight is 358 g/mol. The van der Waals surface area contributed by atoms with E-state index in [1.54, 1.807) is 0 Å². The predicted octanol–water partition coefficient (Wildman–Crippen LogP) is 5.58. The van der Waals surface area contributed by atoms with Crippen LogP contribution in [0.4, 0.5) is 17.1 Å². The van der Waals surface area contributed by atoms with Crippen molar-refractivity contribution < 1.29 is 0 Å². The van der Waals surface area contributed by atoms with E-state index in [0.717, 1.165) is 13.3 Å². The summed E-state index contributed by atoms with van der Waals surface area (Å²) in [6.45, 7) is 10.4. The summed E-state index contributed by atoms with van der Waals surface area (Å²) in [5, 5.41) is 4.76. The molecule has 3 aromatic rings. The third-order valence-corrected chi connectivity index (χ3v) is 5.60. The van der Waals surface area contributed by atoms with E-state index in [1.807, 2.05) is 0 Å². The molecule has 0 saturated carbocycles. The van der Waals surface area contributed by atoms with E-state index in [2.05, 4.69) is 109 Å². The van der Waals surface area contributed by atoms with Gasteiger partial charge in [-0.1, -0.05) is 30.3 Å². The zero-order chi connectivity index (χ0) is 19.0. The van der Waals surface area contributed by atoms with Crippen molar-refractivity contribution >= 4 is 17.1 Å². The second kappa shape index (κ2) is 6.99. The average Bonchev–Trinajstić information content (AvgIpc) is 3.12. The van der Waals surface area contributed by atoms with Crippen LogP contribution >= 0.6 is 0 Å². The van der Waals surface area contributed by atoms with Gasteiger partial charge in [-0.25, -0.2) is 0 Å². The lowest BCUT2D eigenvalue weighted by molar-refractivity contribution is 0.888. The molecule has 1 fully saturated rings. The number of para-hydroxylation sites is 1. The van der Waals surface area contributed by atoms with Gasteiger partial charge in [0.05, 0.1) is 11.4 Å². The number of aryl methyl sites for hydroxylation is 4. The van der Waals surface area contributed by atoms with Crippen molar-refractivity contribution in [3.63, 3.8) is 0 Å². The zero-order valence-electron chi connectivity index (χ0n) is 16.6. The summed E-state index contributed by atoms with van der Waals surface area (Å²) in [6.07, 6.45) is 0. The van der Waals surface area contributed by atoms with Crippen LogP contribution in [0.2, 0.25) is 0 Å². The first-order chi connectivity index (χ1) is 13.0. The molecule has 0 aliphatic carbocycles. The molecule has 0 N–H and O–H groups in total. The molecule has 0 spiro atoms. The molecule has 138 valence electrons. The molecular weight excluding hydrogens is 330 g/mol. The lowest BCUT2D eigenvalue weighted by Crippen LogP contribution is -2.36. The normalized spacial score (nSPS) is 14.1. The summed E-state index contributed by atoms with van der Waals surface area (Å²) < 4.78 is 0. The number of nitrogens with zero attached hydrogens (tertiary/aromatic N) is 3. The number of rotatable bonds is 3. The Morgan fingerprint density at radius 3 is 1.44 bits per heavy atom. The summed E-state index contributed by atoms with van der Waals surface area (Å²) in [6, 6.07) is 24.1. The molecule has 0 aromatic heterocycles. The summed E-state index contributed by atoms with van der Waals surface area (Å²) >= 11 is 0. The predicted molar refractivity (Wildman–Crippen MR) is 115 cm³/mol. The molecule has 0 bridgehead atoms. The summed E-state index contributed by atoms with van der Waals surface area (Å²) in [4.78, 5) is 2.41. The quantitative estimate of drug-likeness (QED) is 0.605. The second-order valence-electron chi connectivity index (χ2n) is 7.49. The molecule has 3 heteroatoms. The molecule has 0 amide bonds. The van der Waals surface area contributed by atoms with E-state index in [9.17, 15) is 0 Å². The third kappa shape index (κ3) is 3.37. The van der Waals surface area contributed by atoms with E-state index < -0.39 is 0 Å². The fourth-order valence-electron chi connectivity index (χ4n) is 3.54. The molecule has 0 atom stereocenters. The maximum Gasteiger partial charge on any atom is 0.112 e. The maximum atomic E-state index is 2.41. The van der Waals surface area contributed by atoms with Crippen molar-refractivity contribution in [1.29, 1.82) is 0 Å². The molecule has 3 aromatic carbocycles. The second-order valence-corrected chi connectivity index (χ2v) is 7.49. The van der Waals surface area contributed by atoms with Gasteiger partial charge in [0.25, 0.3) is 0 Å². The lowest BCUT2D eigenvalue weighted by Gasteiger charge is -2.30. The number of hydrogen-bond donors (Lipinski definition) is 0. The summed E-state index contributed by atoms with van der Waals surface area (Å²) in [5.74, 6) is 0. The van der Waals surface area contributed by atoms with Crippen LogP contribution < -0.4 is 14.9 Å². The Bertz CT molecular complexity index is 890. The van der Waals surface area contributed by atoms with Gasteiger partial charge in [-0.3, -0.25) is 10.0 Å². The summed E-state index contributed by atoms with van der Waals surface area (Å²) in [5.41, 5.74) is 9.02. The highest BCUT2D eigenvalue weighted by Crippen LogP contribution is 2.32. The van der Waals surface area contributed by atoms with Crippen molar-refractivity contribution in [1.82, 2.24) is 0 Å². The molecule has 4 rings (SSSR count). The molecule has 27 heavy (non-hydrogen) atoms. The smallest absolute Gasteiger partial charge is 0.112 e. The first-order valence-corrected chi connectivity index (χ1v) is 9.52. The molecule has 0 unspecified atom stereocenters. The van der Waals surface area contributed by atoms with E-state index in [0.29, 0.717) is 0 Å². The molecular formula is C24H27N3. The summed E-state index contributed by atoms with van der Waals surface area (Å²) in [7, 11) is 0. The molecule has 0 radical (unpaired) electrons. The minimum atomic E-state index is 0.833. The van der Waals surface area contributed by atoms with E-state index in [1.165, 1.54) is 39.3 Å². The van der Waals surface area contributed by atoms with Crippen LogP contribution in [-0.4, -0.2) is 13.3 Å². The van der Waals surface area contributed by atoms with Crippen molar-refractivity contribution in [2.45, 2.75) is 27.7 Å². The lowest BCUT2D eigenvalue weighted by atomic mass is 10.1. The van der Waals surface area contributed by atoms with Crippen LogP contribution in [0.15, 0.2) is 66.7 Å². The van der Waals surface area contributed by atoms with Crippen LogP contribution in [0.1, 0.15) is 22.3 Å². The van der Waals surface area contributed by atoms with Gasteiger partial charge in [0.2, 0.25) is 0 Å². The van der Waals surface area contributed by atoms with Gasteiger partial charge in [-0.2, -0.15) is 0 Å². The molecule has 1 saturated heterocycles. The standard InChI is InChI=1S/C24H27N3/c1-18-10-12-23(14-20(18)3)26-16-25(22-8-6-5-7-9-22)17-27(26)24-13-11-19(2)21(4)15-24/h5-15H,16-17H2,1-4H3. The fourth-order valence-corrected chi connectivity index (χ4v) is 3.54. The van der Waals surface area contributed by atoms with Crippen LogP contribution in [0.5, 0.6) is 0 Å².